The molecule has 6 heteroatoms. The molecule has 0 fully saturated rings. The number of aliphatic carboxylic acids is 1. The average molecular weight is 304 g/mol. The lowest BCUT2D eigenvalue weighted by molar-refractivity contribution is -0.139. The van der Waals surface area contributed by atoms with Crippen molar-refractivity contribution in [3.63, 3.8) is 0 Å². The second kappa shape index (κ2) is 5.86. The summed E-state index contributed by atoms with van der Waals surface area (Å²) in [6.07, 6.45) is 1.74. The molecule has 1 rings (SSSR count). The molecule has 0 radical (unpaired) electrons. The van der Waals surface area contributed by atoms with Gasteiger partial charge in [0.25, 0.3) is 5.91 Å². The van der Waals surface area contributed by atoms with Gasteiger partial charge in [-0.2, -0.15) is 0 Å². The highest BCUT2D eigenvalue weighted by molar-refractivity contribution is 9.10. The van der Waals surface area contributed by atoms with Gasteiger partial charge in [0.1, 0.15) is 6.04 Å². The van der Waals surface area contributed by atoms with E-state index in [1.807, 2.05) is 13.8 Å². The molecule has 2 N–H and O–H groups in total. The van der Waals surface area contributed by atoms with E-state index < -0.39 is 17.9 Å². The topological polar surface area (TPSA) is 79.5 Å². The highest BCUT2D eigenvalue weighted by Gasteiger charge is 2.23. The van der Waals surface area contributed by atoms with E-state index in [-0.39, 0.29) is 5.92 Å². The van der Waals surface area contributed by atoms with Gasteiger partial charge in [0.05, 0.1) is 11.8 Å². The standard InChI is InChI=1S/C11H14BrNO4/c1-6(2)5-8(11(15)16)13-10(14)7-3-4-17-9(7)12/h3-4,6,8H,5H2,1-2H3,(H,13,14)(H,15,16)/t8-/m1/s1. The largest absolute Gasteiger partial charge is 0.480 e. The molecule has 1 aromatic rings. The van der Waals surface area contributed by atoms with Crippen LogP contribution in [0.4, 0.5) is 0 Å². The molecule has 0 unspecified atom stereocenters. The lowest BCUT2D eigenvalue weighted by Crippen LogP contribution is -2.41. The summed E-state index contributed by atoms with van der Waals surface area (Å²) in [5.41, 5.74) is 0.292. The lowest BCUT2D eigenvalue weighted by atomic mass is 10.0. The van der Waals surface area contributed by atoms with E-state index in [2.05, 4.69) is 21.2 Å². The van der Waals surface area contributed by atoms with Crippen LogP contribution in [0.5, 0.6) is 0 Å². The maximum Gasteiger partial charge on any atom is 0.326 e. The van der Waals surface area contributed by atoms with Gasteiger partial charge in [-0.1, -0.05) is 13.8 Å². The number of nitrogens with one attached hydrogen (secondary N) is 1. The Hall–Kier alpha value is -1.30. The molecule has 17 heavy (non-hydrogen) atoms. The fourth-order valence-corrected chi connectivity index (χ4v) is 1.80. The third-order valence-electron chi connectivity index (χ3n) is 2.17. The molecule has 1 heterocycles. The summed E-state index contributed by atoms with van der Waals surface area (Å²) in [4.78, 5) is 22.7. The number of carboxylic acids is 1. The summed E-state index contributed by atoms with van der Waals surface area (Å²) in [6, 6.07) is 0.595. The van der Waals surface area contributed by atoms with Crippen molar-refractivity contribution in [3.8, 4) is 0 Å². The molecule has 0 saturated carbocycles. The first-order chi connectivity index (χ1) is 7.91. The Kier molecular flexibility index (Phi) is 4.74. The summed E-state index contributed by atoms with van der Waals surface area (Å²) in [6.45, 7) is 3.80. The summed E-state index contributed by atoms with van der Waals surface area (Å²) in [7, 11) is 0. The van der Waals surface area contributed by atoms with Crippen LogP contribution >= 0.6 is 15.9 Å². The van der Waals surface area contributed by atoms with Crippen LogP contribution in [0.25, 0.3) is 0 Å². The van der Waals surface area contributed by atoms with E-state index in [4.69, 9.17) is 9.52 Å². The number of carbonyl (C=O) groups excluding carboxylic acids is 1. The van der Waals surface area contributed by atoms with Gasteiger partial charge >= 0.3 is 5.97 Å². The van der Waals surface area contributed by atoms with Gasteiger partial charge in [-0.25, -0.2) is 4.79 Å². The minimum absolute atomic E-state index is 0.184. The van der Waals surface area contributed by atoms with Gasteiger partial charge in [0, 0.05) is 0 Å². The molecule has 94 valence electrons. The van der Waals surface area contributed by atoms with Crippen LogP contribution in [0.2, 0.25) is 0 Å². The number of amides is 1. The normalized spacial score (nSPS) is 12.5. The number of carbonyl (C=O) groups is 2. The van der Waals surface area contributed by atoms with Gasteiger partial charge in [0.2, 0.25) is 0 Å². The van der Waals surface area contributed by atoms with E-state index in [1.54, 1.807) is 0 Å². The number of halogens is 1. The molecule has 0 aromatic carbocycles. The van der Waals surface area contributed by atoms with Crippen LogP contribution in [0.1, 0.15) is 30.6 Å². The molecule has 0 bridgehead atoms. The molecule has 0 spiro atoms. The van der Waals surface area contributed by atoms with Crippen molar-refractivity contribution < 1.29 is 19.1 Å². The van der Waals surface area contributed by atoms with Gasteiger partial charge < -0.3 is 14.8 Å². The molecule has 0 aliphatic heterocycles. The van der Waals surface area contributed by atoms with E-state index in [1.165, 1.54) is 12.3 Å². The zero-order valence-electron chi connectivity index (χ0n) is 9.57. The first-order valence-corrected chi connectivity index (χ1v) is 5.97. The second-order valence-corrected chi connectivity index (χ2v) is 4.82. The Labute approximate surface area is 107 Å². The molecule has 5 nitrogen and oxygen atoms in total. The van der Waals surface area contributed by atoms with Crippen LogP contribution in [0, 0.1) is 5.92 Å². The van der Waals surface area contributed by atoms with Gasteiger partial charge in [0.15, 0.2) is 4.67 Å². The first-order valence-electron chi connectivity index (χ1n) is 5.18. The Morgan fingerprint density at radius 3 is 2.59 bits per heavy atom. The van der Waals surface area contributed by atoms with E-state index >= 15 is 0 Å². The van der Waals surface area contributed by atoms with Crippen LogP contribution in [0.3, 0.4) is 0 Å². The number of hydrogen-bond donors (Lipinski definition) is 2. The number of rotatable bonds is 5. The molecule has 1 amide bonds. The molecule has 0 aliphatic rings. The number of carboxylic acid groups (broad SMARTS) is 1. The molecular weight excluding hydrogens is 290 g/mol. The van der Waals surface area contributed by atoms with Crippen molar-refractivity contribution in [3.05, 3.63) is 22.6 Å². The van der Waals surface area contributed by atoms with Crippen molar-refractivity contribution in [2.75, 3.05) is 0 Å². The maximum absolute atomic E-state index is 11.8. The van der Waals surface area contributed by atoms with Crippen LogP contribution in [-0.4, -0.2) is 23.0 Å². The first kappa shape index (κ1) is 13.8. The van der Waals surface area contributed by atoms with Crippen LogP contribution in [-0.2, 0) is 4.79 Å². The predicted octanol–water partition coefficient (Wildman–Crippen LogP) is 2.27. The number of hydrogen-bond acceptors (Lipinski definition) is 3. The second-order valence-electron chi connectivity index (χ2n) is 4.10. The number of furan rings is 1. The summed E-state index contributed by atoms with van der Waals surface area (Å²) in [5, 5.41) is 11.5. The Morgan fingerprint density at radius 1 is 1.53 bits per heavy atom. The maximum atomic E-state index is 11.8. The van der Waals surface area contributed by atoms with Crippen LogP contribution in [0.15, 0.2) is 21.4 Å². The summed E-state index contributed by atoms with van der Waals surface area (Å²) >= 11 is 3.07. The van der Waals surface area contributed by atoms with Crippen molar-refractivity contribution in [2.45, 2.75) is 26.3 Å². The smallest absolute Gasteiger partial charge is 0.326 e. The van der Waals surface area contributed by atoms with Crippen LogP contribution < -0.4 is 5.32 Å². The predicted molar refractivity (Wildman–Crippen MR) is 64.8 cm³/mol. The van der Waals surface area contributed by atoms with Gasteiger partial charge in [-0.3, -0.25) is 4.79 Å². The van der Waals surface area contributed by atoms with Crippen molar-refractivity contribution in [2.24, 2.45) is 5.92 Å². The molecule has 1 aromatic heterocycles. The lowest BCUT2D eigenvalue weighted by Gasteiger charge is -2.15. The fourth-order valence-electron chi connectivity index (χ4n) is 1.38. The van der Waals surface area contributed by atoms with Crippen molar-refractivity contribution in [1.29, 1.82) is 0 Å². The fraction of sp³-hybridized carbons (Fsp3) is 0.455. The van der Waals surface area contributed by atoms with E-state index in [9.17, 15) is 9.59 Å². The molecule has 0 aliphatic carbocycles. The Balaban J connectivity index is 2.71. The van der Waals surface area contributed by atoms with Gasteiger partial charge in [-0.15, -0.1) is 0 Å². The Morgan fingerprint density at radius 2 is 2.18 bits per heavy atom. The minimum atomic E-state index is -1.04. The SMILES string of the molecule is CC(C)C[C@@H](NC(=O)c1ccoc1Br)C(=O)O. The van der Waals surface area contributed by atoms with Crippen molar-refractivity contribution in [1.82, 2.24) is 5.32 Å². The minimum Gasteiger partial charge on any atom is -0.480 e. The van der Waals surface area contributed by atoms with E-state index in [0.29, 0.717) is 16.7 Å². The third kappa shape index (κ3) is 3.89. The molecular formula is C11H14BrNO4. The van der Waals surface area contributed by atoms with Gasteiger partial charge in [-0.05, 0) is 34.3 Å². The third-order valence-corrected chi connectivity index (χ3v) is 2.79. The zero-order chi connectivity index (χ0) is 13.0. The highest BCUT2D eigenvalue weighted by atomic mass is 79.9. The Bertz CT molecular complexity index is 413. The summed E-state index contributed by atoms with van der Waals surface area (Å²) in [5.74, 6) is -1.31. The molecule has 0 saturated heterocycles. The quantitative estimate of drug-likeness (QED) is 0.874. The summed E-state index contributed by atoms with van der Waals surface area (Å²) < 4.78 is 5.21. The van der Waals surface area contributed by atoms with Crippen molar-refractivity contribution >= 4 is 27.8 Å². The van der Waals surface area contributed by atoms with E-state index in [0.717, 1.165) is 0 Å². The monoisotopic (exact) mass is 303 g/mol. The average Bonchev–Trinajstić information content (AvgIpc) is 2.62. The molecule has 1 atom stereocenters. The highest BCUT2D eigenvalue weighted by Crippen LogP contribution is 2.17. The zero-order valence-corrected chi connectivity index (χ0v) is 11.2.